The van der Waals surface area contributed by atoms with Crippen LogP contribution in [0, 0.1) is 23.7 Å². The van der Waals surface area contributed by atoms with Crippen molar-refractivity contribution in [1.82, 2.24) is 4.90 Å². The van der Waals surface area contributed by atoms with E-state index in [-0.39, 0.29) is 5.91 Å². The van der Waals surface area contributed by atoms with Crippen LogP contribution in [0.25, 0.3) is 0 Å². The molecule has 21 heavy (non-hydrogen) atoms. The number of amides is 1. The summed E-state index contributed by atoms with van der Waals surface area (Å²) in [5.41, 5.74) is 6.68. The number of carbonyl (C=O) groups excluding carboxylic acids is 1. The Hall–Kier alpha value is -1.50. The van der Waals surface area contributed by atoms with Gasteiger partial charge in [0, 0.05) is 24.2 Å². The summed E-state index contributed by atoms with van der Waals surface area (Å²) in [5.74, 6) is 6.81. The second kappa shape index (κ2) is 6.98. The Kier molecular flexibility index (Phi) is 5.27. The lowest BCUT2D eigenvalue weighted by Gasteiger charge is -2.35. The molecule has 112 valence electrons. The topological polar surface area (TPSA) is 46.3 Å². The first-order valence-corrected chi connectivity index (χ1v) is 7.66. The summed E-state index contributed by atoms with van der Waals surface area (Å²) < 4.78 is 0. The van der Waals surface area contributed by atoms with Crippen LogP contribution in [0.4, 0.5) is 0 Å². The molecule has 2 atom stereocenters. The highest BCUT2D eigenvalue weighted by Crippen LogP contribution is 2.24. The van der Waals surface area contributed by atoms with E-state index in [9.17, 15) is 4.79 Å². The maximum Gasteiger partial charge on any atom is 0.253 e. The fraction of sp³-hybridized carbons (Fsp3) is 0.471. The molecule has 1 saturated heterocycles. The molecule has 1 aromatic rings. The van der Waals surface area contributed by atoms with Gasteiger partial charge >= 0.3 is 0 Å². The van der Waals surface area contributed by atoms with Gasteiger partial charge in [-0.15, -0.1) is 0 Å². The van der Waals surface area contributed by atoms with Crippen molar-refractivity contribution < 1.29 is 4.79 Å². The highest BCUT2D eigenvalue weighted by atomic mass is 35.5. The average molecular weight is 305 g/mol. The maximum absolute atomic E-state index is 12.6. The number of carbonyl (C=O) groups is 1. The summed E-state index contributed by atoms with van der Waals surface area (Å²) in [5, 5.41) is 0.500. The van der Waals surface area contributed by atoms with Gasteiger partial charge in [-0.25, -0.2) is 0 Å². The zero-order valence-corrected chi connectivity index (χ0v) is 13.3. The normalized spacial score (nSPS) is 21.6. The number of hydrogen-bond acceptors (Lipinski definition) is 2. The molecule has 1 aromatic carbocycles. The van der Waals surface area contributed by atoms with Gasteiger partial charge in [-0.1, -0.05) is 37.3 Å². The number of nitrogens with two attached hydrogens (primary N) is 1. The first kappa shape index (κ1) is 15.9. The minimum atomic E-state index is 0.0497. The van der Waals surface area contributed by atoms with Crippen molar-refractivity contribution in [2.24, 2.45) is 17.6 Å². The minimum Gasteiger partial charge on any atom is -0.338 e. The largest absolute Gasteiger partial charge is 0.338 e. The molecule has 2 rings (SSSR count). The Labute approximate surface area is 131 Å². The van der Waals surface area contributed by atoms with E-state index in [1.807, 2.05) is 4.90 Å². The number of rotatable bonds is 1. The van der Waals surface area contributed by atoms with Gasteiger partial charge in [0.15, 0.2) is 0 Å². The van der Waals surface area contributed by atoms with Crippen LogP contribution in [0.1, 0.15) is 36.2 Å². The lowest BCUT2D eigenvalue weighted by Crippen LogP contribution is -2.42. The van der Waals surface area contributed by atoms with Gasteiger partial charge in [-0.3, -0.25) is 4.79 Å². The van der Waals surface area contributed by atoms with Crippen LogP contribution in [-0.4, -0.2) is 30.4 Å². The molecule has 1 aliphatic rings. The third-order valence-corrected chi connectivity index (χ3v) is 4.01. The molecule has 4 heteroatoms. The van der Waals surface area contributed by atoms with Crippen LogP contribution < -0.4 is 5.73 Å². The zero-order chi connectivity index (χ0) is 15.4. The van der Waals surface area contributed by atoms with Gasteiger partial charge < -0.3 is 10.6 Å². The molecule has 0 radical (unpaired) electrons. The summed E-state index contributed by atoms with van der Waals surface area (Å²) in [6.45, 7) is 6.30. The SMILES string of the molecule is CC1CC(C)CN(C(=O)c2ccc(C#CCN)c(Cl)c2)C1. The third-order valence-electron chi connectivity index (χ3n) is 3.70. The van der Waals surface area contributed by atoms with Crippen LogP contribution in [0.5, 0.6) is 0 Å². The summed E-state index contributed by atoms with van der Waals surface area (Å²) in [7, 11) is 0. The fourth-order valence-corrected chi connectivity index (χ4v) is 3.13. The molecule has 1 heterocycles. The van der Waals surface area contributed by atoms with E-state index in [1.54, 1.807) is 18.2 Å². The number of hydrogen-bond donors (Lipinski definition) is 1. The second-order valence-corrected chi connectivity index (χ2v) is 6.26. The lowest BCUT2D eigenvalue weighted by molar-refractivity contribution is 0.0623. The zero-order valence-electron chi connectivity index (χ0n) is 12.5. The lowest BCUT2D eigenvalue weighted by atomic mass is 9.91. The van der Waals surface area contributed by atoms with Crippen molar-refractivity contribution >= 4 is 17.5 Å². The van der Waals surface area contributed by atoms with Gasteiger partial charge in [-0.05, 0) is 36.5 Å². The monoisotopic (exact) mass is 304 g/mol. The molecule has 0 spiro atoms. The van der Waals surface area contributed by atoms with Crippen molar-refractivity contribution in [3.8, 4) is 11.8 Å². The van der Waals surface area contributed by atoms with Gasteiger partial charge in [0.2, 0.25) is 0 Å². The molecule has 2 N–H and O–H groups in total. The van der Waals surface area contributed by atoms with E-state index in [1.165, 1.54) is 6.42 Å². The molecule has 0 aromatic heterocycles. The average Bonchev–Trinajstić information content (AvgIpc) is 2.44. The fourth-order valence-electron chi connectivity index (χ4n) is 2.91. The summed E-state index contributed by atoms with van der Waals surface area (Å²) in [4.78, 5) is 14.5. The van der Waals surface area contributed by atoms with Gasteiger partial charge in [0.05, 0.1) is 11.6 Å². The molecule has 0 bridgehead atoms. The first-order chi connectivity index (χ1) is 10.0. The number of benzene rings is 1. The van der Waals surface area contributed by atoms with E-state index >= 15 is 0 Å². The van der Waals surface area contributed by atoms with Crippen LogP contribution in [0.2, 0.25) is 5.02 Å². The Morgan fingerprint density at radius 3 is 2.62 bits per heavy atom. The third kappa shape index (κ3) is 4.00. The molecule has 1 amide bonds. The van der Waals surface area contributed by atoms with E-state index in [4.69, 9.17) is 17.3 Å². The number of piperidine rings is 1. The molecule has 1 fully saturated rings. The Morgan fingerprint density at radius 2 is 2.05 bits per heavy atom. The molecular formula is C17H21ClN2O. The second-order valence-electron chi connectivity index (χ2n) is 5.86. The van der Waals surface area contributed by atoms with E-state index in [2.05, 4.69) is 25.7 Å². The van der Waals surface area contributed by atoms with Crippen LogP contribution >= 0.6 is 11.6 Å². The molecule has 0 aliphatic carbocycles. The first-order valence-electron chi connectivity index (χ1n) is 7.29. The predicted molar refractivity (Wildman–Crippen MR) is 86.2 cm³/mol. The molecule has 2 unspecified atom stereocenters. The van der Waals surface area contributed by atoms with E-state index in [0.29, 0.717) is 34.5 Å². The summed E-state index contributed by atoms with van der Waals surface area (Å²) in [6, 6.07) is 5.28. The Bertz CT molecular complexity index is 578. The molecule has 1 aliphatic heterocycles. The van der Waals surface area contributed by atoms with Crippen molar-refractivity contribution in [1.29, 1.82) is 0 Å². The van der Waals surface area contributed by atoms with Gasteiger partial charge in [-0.2, -0.15) is 0 Å². The van der Waals surface area contributed by atoms with Crippen molar-refractivity contribution in [2.45, 2.75) is 20.3 Å². The molecule has 3 nitrogen and oxygen atoms in total. The number of likely N-dealkylation sites (tertiary alicyclic amines) is 1. The van der Waals surface area contributed by atoms with Gasteiger partial charge in [0.25, 0.3) is 5.91 Å². The Balaban J connectivity index is 2.18. The predicted octanol–water partition coefficient (Wildman–Crippen LogP) is 2.77. The quantitative estimate of drug-likeness (QED) is 0.811. The van der Waals surface area contributed by atoms with E-state index < -0.39 is 0 Å². The van der Waals surface area contributed by atoms with Crippen molar-refractivity contribution in [3.05, 3.63) is 34.3 Å². The Morgan fingerprint density at radius 1 is 1.38 bits per heavy atom. The smallest absolute Gasteiger partial charge is 0.253 e. The standard InChI is InChI=1S/C17H21ClN2O/c1-12-8-13(2)11-20(10-12)17(21)15-6-5-14(4-3-7-19)16(18)9-15/h5-6,9,12-13H,7-8,10-11,19H2,1-2H3. The van der Waals surface area contributed by atoms with Crippen molar-refractivity contribution in [3.63, 3.8) is 0 Å². The summed E-state index contributed by atoms with van der Waals surface area (Å²) in [6.07, 6.45) is 1.18. The van der Waals surface area contributed by atoms with E-state index in [0.717, 1.165) is 13.1 Å². The van der Waals surface area contributed by atoms with Gasteiger partial charge in [0.1, 0.15) is 0 Å². The summed E-state index contributed by atoms with van der Waals surface area (Å²) >= 11 is 6.19. The maximum atomic E-state index is 12.6. The molecular weight excluding hydrogens is 284 g/mol. The minimum absolute atomic E-state index is 0.0497. The van der Waals surface area contributed by atoms with Crippen LogP contribution in [0.15, 0.2) is 18.2 Å². The van der Waals surface area contributed by atoms with Crippen LogP contribution in [0.3, 0.4) is 0 Å². The highest BCUT2D eigenvalue weighted by molar-refractivity contribution is 6.32. The highest BCUT2D eigenvalue weighted by Gasteiger charge is 2.26. The van der Waals surface area contributed by atoms with Crippen LogP contribution in [-0.2, 0) is 0 Å². The van der Waals surface area contributed by atoms with Crippen molar-refractivity contribution in [2.75, 3.05) is 19.6 Å². The number of halogens is 1. The molecule has 0 saturated carbocycles. The number of nitrogens with zero attached hydrogens (tertiary/aromatic N) is 1.